The van der Waals surface area contributed by atoms with E-state index in [0.717, 1.165) is 40.7 Å². The van der Waals surface area contributed by atoms with Crippen LogP contribution in [0.15, 0.2) is 21.2 Å². The van der Waals surface area contributed by atoms with Gasteiger partial charge in [-0.3, -0.25) is 0 Å². The van der Waals surface area contributed by atoms with Crippen LogP contribution in [0.1, 0.15) is 12.8 Å². The fourth-order valence-electron chi connectivity index (χ4n) is 2.05. The van der Waals surface area contributed by atoms with E-state index in [9.17, 15) is 5.11 Å². The molecule has 0 spiro atoms. The van der Waals surface area contributed by atoms with Crippen molar-refractivity contribution in [2.24, 2.45) is 5.92 Å². The maximum atomic E-state index is 9.20. The zero-order valence-electron chi connectivity index (χ0n) is 8.87. The van der Waals surface area contributed by atoms with Gasteiger partial charge in [0, 0.05) is 30.4 Å². The fraction of sp³-hybridized carbons (Fsp3) is 0.545. The van der Waals surface area contributed by atoms with E-state index < -0.39 is 0 Å². The number of aliphatic hydroxyl groups is 1. The molecule has 2 rings (SSSR count). The first-order chi connectivity index (χ1) is 7.70. The van der Waals surface area contributed by atoms with Crippen molar-refractivity contribution >= 4 is 37.7 Å². The number of aliphatic hydroxyl groups excluding tert-OH is 1. The summed E-state index contributed by atoms with van der Waals surface area (Å²) in [5.74, 6) is 1.35. The first-order valence-electron chi connectivity index (χ1n) is 5.37. The Morgan fingerprint density at radius 3 is 3.00 bits per heavy atom. The average Bonchev–Trinajstić information content (AvgIpc) is 2.29. The molecule has 88 valence electrons. The number of hydrogen-bond acceptors (Lipinski definition) is 3. The molecule has 0 aliphatic carbocycles. The third-order valence-corrected chi connectivity index (χ3v) is 3.88. The van der Waals surface area contributed by atoms with Gasteiger partial charge < -0.3 is 10.0 Å². The summed E-state index contributed by atoms with van der Waals surface area (Å²) in [6.07, 6.45) is 4.04. The van der Waals surface area contributed by atoms with Gasteiger partial charge in [-0.15, -0.1) is 0 Å². The summed E-state index contributed by atoms with van der Waals surface area (Å²) >= 11 is 6.92. The molecule has 1 atom stereocenters. The van der Waals surface area contributed by atoms with Gasteiger partial charge >= 0.3 is 0 Å². The topological polar surface area (TPSA) is 36.4 Å². The minimum absolute atomic E-state index is 0.268. The van der Waals surface area contributed by atoms with Crippen LogP contribution in [0.4, 0.5) is 5.82 Å². The van der Waals surface area contributed by atoms with Gasteiger partial charge in [0.1, 0.15) is 5.82 Å². The van der Waals surface area contributed by atoms with Gasteiger partial charge in [-0.2, -0.15) is 0 Å². The zero-order chi connectivity index (χ0) is 11.5. The maximum Gasteiger partial charge on any atom is 0.142 e. The second-order valence-electron chi connectivity index (χ2n) is 4.10. The van der Waals surface area contributed by atoms with Crippen LogP contribution in [0.2, 0.25) is 0 Å². The van der Waals surface area contributed by atoms with Gasteiger partial charge in [0.15, 0.2) is 0 Å². The van der Waals surface area contributed by atoms with Crippen molar-refractivity contribution in [3.05, 3.63) is 21.2 Å². The number of rotatable bonds is 2. The zero-order valence-corrected chi connectivity index (χ0v) is 12.0. The van der Waals surface area contributed by atoms with E-state index in [-0.39, 0.29) is 6.61 Å². The predicted octanol–water partition coefficient (Wildman–Crippen LogP) is 2.82. The van der Waals surface area contributed by atoms with E-state index in [1.807, 2.05) is 12.3 Å². The number of aromatic nitrogens is 1. The van der Waals surface area contributed by atoms with Crippen molar-refractivity contribution in [2.45, 2.75) is 12.8 Å². The SMILES string of the molecule is OCC1CCCN(c2ncc(Br)cc2Br)C1. The van der Waals surface area contributed by atoms with Crippen LogP contribution in [0.5, 0.6) is 0 Å². The van der Waals surface area contributed by atoms with Crippen molar-refractivity contribution in [3.8, 4) is 0 Å². The molecule has 1 unspecified atom stereocenters. The van der Waals surface area contributed by atoms with Gasteiger partial charge in [-0.1, -0.05) is 0 Å². The molecule has 3 nitrogen and oxygen atoms in total. The van der Waals surface area contributed by atoms with Crippen LogP contribution in [0.3, 0.4) is 0 Å². The Balaban J connectivity index is 2.16. The predicted molar refractivity (Wildman–Crippen MR) is 71.7 cm³/mol. The van der Waals surface area contributed by atoms with E-state index in [0.29, 0.717) is 5.92 Å². The molecule has 5 heteroatoms. The number of hydrogen-bond donors (Lipinski definition) is 1. The number of piperidine rings is 1. The lowest BCUT2D eigenvalue weighted by molar-refractivity contribution is 0.208. The molecule has 2 heterocycles. The molecule has 1 aromatic rings. The van der Waals surface area contributed by atoms with Gasteiger partial charge in [-0.25, -0.2) is 4.98 Å². The second kappa shape index (κ2) is 5.47. The summed E-state index contributed by atoms with van der Waals surface area (Å²) in [5, 5.41) is 9.20. The monoisotopic (exact) mass is 348 g/mol. The highest BCUT2D eigenvalue weighted by molar-refractivity contribution is 9.11. The molecule has 0 saturated carbocycles. The molecule has 16 heavy (non-hydrogen) atoms. The lowest BCUT2D eigenvalue weighted by atomic mass is 9.99. The summed E-state index contributed by atoms with van der Waals surface area (Å²) in [7, 11) is 0. The van der Waals surface area contributed by atoms with Crippen LogP contribution in [-0.4, -0.2) is 29.8 Å². The van der Waals surface area contributed by atoms with Crippen LogP contribution in [0, 0.1) is 5.92 Å². The van der Waals surface area contributed by atoms with Crippen LogP contribution < -0.4 is 4.90 Å². The Bertz CT molecular complexity index is 373. The number of nitrogens with zero attached hydrogens (tertiary/aromatic N) is 2. The molecular weight excluding hydrogens is 336 g/mol. The number of anilines is 1. The van der Waals surface area contributed by atoms with Gasteiger partial charge in [-0.05, 0) is 56.7 Å². The minimum atomic E-state index is 0.268. The summed E-state index contributed by atoms with van der Waals surface area (Å²) in [4.78, 5) is 6.66. The van der Waals surface area contributed by atoms with E-state index in [1.165, 1.54) is 0 Å². The molecular formula is C11H14Br2N2O. The largest absolute Gasteiger partial charge is 0.396 e. The molecule has 0 bridgehead atoms. The molecule has 0 aromatic carbocycles. The minimum Gasteiger partial charge on any atom is -0.396 e. The third-order valence-electron chi connectivity index (χ3n) is 2.87. The van der Waals surface area contributed by atoms with Gasteiger partial charge in [0.05, 0.1) is 4.47 Å². The maximum absolute atomic E-state index is 9.20. The quantitative estimate of drug-likeness (QED) is 0.891. The van der Waals surface area contributed by atoms with Crippen molar-refractivity contribution < 1.29 is 5.11 Å². The Morgan fingerprint density at radius 2 is 2.31 bits per heavy atom. The second-order valence-corrected chi connectivity index (χ2v) is 5.87. The third kappa shape index (κ3) is 2.76. The Kier molecular flexibility index (Phi) is 4.21. The molecule has 1 aliphatic heterocycles. The molecule has 1 saturated heterocycles. The van der Waals surface area contributed by atoms with Crippen molar-refractivity contribution in [1.29, 1.82) is 0 Å². The highest BCUT2D eigenvalue weighted by Gasteiger charge is 2.21. The molecule has 0 radical (unpaired) electrons. The normalized spacial score (nSPS) is 21.2. The van der Waals surface area contributed by atoms with E-state index >= 15 is 0 Å². The lowest BCUT2D eigenvalue weighted by Gasteiger charge is -2.33. The Morgan fingerprint density at radius 1 is 1.50 bits per heavy atom. The van der Waals surface area contributed by atoms with Gasteiger partial charge in [0.2, 0.25) is 0 Å². The molecule has 0 amide bonds. The van der Waals surface area contributed by atoms with Crippen molar-refractivity contribution in [1.82, 2.24) is 4.98 Å². The standard InChI is InChI=1S/C11H14Br2N2O/c12-9-4-10(13)11(14-5-9)15-3-1-2-8(6-15)7-16/h4-5,8,16H,1-3,6-7H2. The molecule has 1 N–H and O–H groups in total. The van der Waals surface area contributed by atoms with E-state index in [4.69, 9.17) is 0 Å². The van der Waals surface area contributed by atoms with Crippen LogP contribution in [0.25, 0.3) is 0 Å². The Hall–Kier alpha value is -0.130. The van der Waals surface area contributed by atoms with E-state index in [1.54, 1.807) is 0 Å². The fourth-order valence-corrected chi connectivity index (χ4v) is 3.28. The highest BCUT2D eigenvalue weighted by Crippen LogP contribution is 2.29. The summed E-state index contributed by atoms with van der Waals surface area (Å²) in [5.41, 5.74) is 0. The lowest BCUT2D eigenvalue weighted by Crippen LogP contribution is -2.37. The molecule has 1 aliphatic rings. The summed E-state index contributed by atoms with van der Waals surface area (Å²) in [6.45, 7) is 2.18. The van der Waals surface area contributed by atoms with Gasteiger partial charge in [0.25, 0.3) is 0 Å². The first-order valence-corrected chi connectivity index (χ1v) is 6.96. The summed E-state index contributed by atoms with van der Waals surface area (Å²) in [6, 6.07) is 2.00. The van der Waals surface area contributed by atoms with Crippen LogP contribution >= 0.6 is 31.9 Å². The van der Waals surface area contributed by atoms with Crippen molar-refractivity contribution in [2.75, 3.05) is 24.6 Å². The number of pyridine rings is 1. The average molecular weight is 350 g/mol. The highest BCUT2D eigenvalue weighted by atomic mass is 79.9. The van der Waals surface area contributed by atoms with Crippen LogP contribution in [-0.2, 0) is 0 Å². The first kappa shape index (κ1) is 12.3. The summed E-state index contributed by atoms with van der Waals surface area (Å²) < 4.78 is 1.97. The van der Waals surface area contributed by atoms with E-state index in [2.05, 4.69) is 41.7 Å². The van der Waals surface area contributed by atoms with Crippen molar-refractivity contribution in [3.63, 3.8) is 0 Å². The molecule has 1 aromatic heterocycles. The number of halogens is 2. The Labute approximate surface area is 112 Å². The smallest absolute Gasteiger partial charge is 0.142 e. The molecule has 1 fully saturated rings.